The van der Waals surface area contributed by atoms with Gasteiger partial charge in [0.15, 0.2) is 23.3 Å². The Morgan fingerprint density at radius 1 is 1.16 bits per heavy atom. The molecule has 8 atom stereocenters. The maximum absolute atomic E-state index is 14.9. The molecule has 2 saturated carbocycles. The largest absolute Gasteiger partial charge is 0.451 e. The van der Waals surface area contributed by atoms with Crippen LogP contribution < -0.4 is 0 Å². The minimum absolute atomic E-state index is 0.0263. The second-order valence-electron chi connectivity index (χ2n) is 13.5. The maximum Gasteiger partial charge on any atom is 0.344 e. The van der Waals surface area contributed by atoms with E-state index in [-0.39, 0.29) is 34.7 Å². The first-order chi connectivity index (χ1) is 17.5. The fraction of sp³-hybridized carbons (Fsp3) is 0.700. The van der Waals surface area contributed by atoms with E-state index in [0.29, 0.717) is 22.9 Å². The van der Waals surface area contributed by atoms with Gasteiger partial charge in [0.1, 0.15) is 17.4 Å². The van der Waals surface area contributed by atoms with Crippen LogP contribution in [0.25, 0.3) is 0 Å². The summed E-state index contributed by atoms with van der Waals surface area (Å²) in [4.78, 5) is 28.4. The van der Waals surface area contributed by atoms with Crippen molar-refractivity contribution in [1.29, 1.82) is 0 Å². The third-order valence-corrected chi connectivity index (χ3v) is 11.1. The van der Waals surface area contributed by atoms with Crippen molar-refractivity contribution in [3.63, 3.8) is 0 Å². The highest BCUT2D eigenvalue weighted by molar-refractivity contribution is 5.96. The van der Waals surface area contributed by atoms with Gasteiger partial charge >= 0.3 is 5.97 Å². The van der Waals surface area contributed by atoms with Crippen molar-refractivity contribution < 1.29 is 33.4 Å². The van der Waals surface area contributed by atoms with Gasteiger partial charge in [-0.2, -0.15) is 0 Å². The number of aryl methyl sites for hydroxylation is 2. The minimum Gasteiger partial charge on any atom is -0.451 e. The topological polar surface area (TPSA) is 108 Å². The third-order valence-electron chi connectivity index (χ3n) is 11.1. The average Bonchev–Trinajstić information content (AvgIpc) is 3.03. The summed E-state index contributed by atoms with van der Waals surface area (Å²) in [5.74, 6) is -1.65. The molecule has 1 N–H and O–H groups in total. The van der Waals surface area contributed by atoms with Crippen LogP contribution in [-0.2, 0) is 19.0 Å². The van der Waals surface area contributed by atoms with Crippen molar-refractivity contribution in [3.8, 4) is 0 Å². The van der Waals surface area contributed by atoms with Gasteiger partial charge in [-0.05, 0) is 74.9 Å². The number of hydrogen-bond acceptors (Lipinski definition) is 8. The molecule has 1 aromatic rings. The third kappa shape index (κ3) is 2.84. The van der Waals surface area contributed by atoms with Crippen LogP contribution in [0.2, 0.25) is 0 Å². The molecule has 1 aliphatic heterocycles. The van der Waals surface area contributed by atoms with Gasteiger partial charge in [-0.15, -0.1) is 0 Å². The number of Topliss-reactive ketones (excluding diaryl/α,β-unsaturated/α-hetero) is 1. The monoisotopic (exact) mass is 525 g/mol. The van der Waals surface area contributed by atoms with Gasteiger partial charge in [0, 0.05) is 5.92 Å². The van der Waals surface area contributed by atoms with Crippen molar-refractivity contribution >= 4 is 11.8 Å². The molecule has 1 aromatic heterocycles. The van der Waals surface area contributed by atoms with E-state index < -0.39 is 40.9 Å². The molecule has 38 heavy (non-hydrogen) atoms. The number of ketones is 1. The number of esters is 1. The molecule has 8 nitrogen and oxygen atoms in total. The molecular formula is C30H39NO7. The standard InChI is InChI=1S/C30H39NO7/c1-14-12-29-15(2)10-20-26(5,6)28(20,9)19(22(29)32)11-18-13-35-27(7,8)37-24(18)30(29,34)23(14)36-25(33)21-16(3)31-38-17(21)4/h11-12,15,19-20,23-24,34H,10,13H2,1-9H3. The molecule has 2 heterocycles. The molecule has 0 amide bonds. The lowest BCUT2D eigenvalue weighted by molar-refractivity contribution is -0.302. The summed E-state index contributed by atoms with van der Waals surface area (Å²) in [7, 11) is 0. The summed E-state index contributed by atoms with van der Waals surface area (Å²) in [6.45, 7) is 17.7. The summed E-state index contributed by atoms with van der Waals surface area (Å²) >= 11 is 0. The number of aliphatic hydroxyl groups is 1. The van der Waals surface area contributed by atoms with E-state index in [1.165, 1.54) is 0 Å². The Kier molecular flexibility index (Phi) is 5.10. The van der Waals surface area contributed by atoms with Crippen LogP contribution in [0.15, 0.2) is 27.8 Å². The van der Waals surface area contributed by atoms with E-state index >= 15 is 0 Å². The lowest BCUT2D eigenvalue weighted by atomic mass is 9.58. The molecule has 1 spiro atoms. The van der Waals surface area contributed by atoms with Crippen molar-refractivity contribution in [2.24, 2.45) is 34.0 Å². The van der Waals surface area contributed by atoms with E-state index in [2.05, 4.69) is 32.9 Å². The Balaban J connectivity index is 1.55. The van der Waals surface area contributed by atoms with Gasteiger partial charge in [0.25, 0.3) is 0 Å². The first kappa shape index (κ1) is 26.0. The minimum atomic E-state index is -1.86. The molecule has 206 valence electrons. The van der Waals surface area contributed by atoms with E-state index in [4.69, 9.17) is 18.7 Å². The summed E-state index contributed by atoms with van der Waals surface area (Å²) in [5, 5.41) is 17.0. The number of carbonyl (C=O) groups is 2. The van der Waals surface area contributed by atoms with Crippen LogP contribution in [0.3, 0.4) is 0 Å². The highest BCUT2D eigenvalue weighted by Crippen LogP contribution is 2.79. The SMILES string of the molecule is CC1=CC23C(=O)C(C=C4COC(C)(C)OC4C2(O)C1OC(=O)c1c(C)noc1C)C1(C)C(CC3C)C1(C)C. The Hall–Kier alpha value is -2.29. The van der Waals surface area contributed by atoms with Crippen molar-refractivity contribution in [3.05, 3.63) is 40.3 Å². The summed E-state index contributed by atoms with van der Waals surface area (Å²) in [6.07, 6.45) is 2.67. The Morgan fingerprint density at radius 2 is 1.84 bits per heavy atom. The predicted molar refractivity (Wildman–Crippen MR) is 137 cm³/mol. The van der Waals surface area contributed by atoms with Gasteiger partial charge < -0.3 is 23.8 Å². The molecule has 1 saturated heterocycles. The van der Waals surface area contributed by atoms with Crippen molar-refractivity contribution in [1.82, 2.24) is 5.16 Å². The number of nitrogens with zero attached hydrogens (tertiary/aromatic N) is 1. The van der Waals surface area contributed by atoms with Crippen LogP contribution >= 0.6 is 0 Å². The van der Waals surface area contributed by atoms with E-state index in [1.807, 2.05) is 19.1 Å². The van der Waals surface area contributed by atoms with Gasteiger partial charge in [0.2, 0.25) is 0 Å². The Labute approximate surface area is 223 Å². The van der Waals surface area contributed by atoms with E-state index in [9.17, 15) is 14.7 Å². The fourth-order valence-electron chi connectivity index (χ4n) is 8.70. The lowest BCUT2D eigenvalue weighted by Gasteiger charge is -2.52. The van der Waals surface area contributed by atoms with Gasteiger partial charge in [0.05, 0.1) is 17.7 Å². The summed E-state index contributed by atoms with van der Waals surface area (Å²) < 4.78 is 23.9. The fourth-order valence-corrected chi connectivity index (χ4v) is 8.70. The molecule has 4 aliphatic carbocycles. The first-order valence-corrected chi connectivity index (χ1v) is 13.7. The molecular weight excluding hydrogens is 486 g/mol. The van der Waals surface area contributed by atoms with Crippen LogP contribution in [0, 0.1) is 47.8 Å². The zero-order valence-corrected chi connectivity index (χ0v) is 23.8. The van der Waals surface area contributed by atoms with Crippen LogP contribution in [0.1, 0.15) is 76.7 Å². The van der Waals surface area contributed by atoms with Crippen LogP contribution in [0.5, 0.6) is 0 Å². The number of allylic oxidation sites excluding steroid dienone is 1. The van der Waals surface area contributed by atoms with E-state index in [1.54, 1.807) is 27.7 Å². The number of hydrogen-bond donors (Lipinski definition) is 1. The number of aromatic nitrogens is 1. The van der Waals surface area contributed by atoms with Crippen molar-refractivity contribution in [2.75, 3.05) is 6.61 Å². The first-order valence-electron chi connectivity index (χ1n) is 13.7. The molecule has 0 aromatic carbocycles. The summed E-state index contributed by atoms with van der Waals surface area (Å²) in [5.41, 5.74) is -1.44. The number of fused-ring (bicyclic) bond motifs is 5. The smallest absolute Gasteiger partial charge is 0.344 e. The van der Waals surface area contributed by atoms with Gasteiger partial charge in [-0.3, -0.25) is 4.79 Å². The highest BCUT2D eigenvalue weighted by atomic mass is 16.7. The maximum atomic E-state index is 14.9. The highest BCUT2D eigenvalue weighted by Gasteiger charge is 2.81. The predicted octanol–water partition coefficient (Wildman–Crippen LogP) is 4.47. The van der Waals surface area contributed by atoms with E-state index in [0.717, 1.165) is 12.0 Å². The molecule has 0 radical (unpaired) electrons. The normalized spacial score (nSPS) is 44.1. The molecule has 6 rings (SSSR count). The van der Waals surface area contributed by atoms with Gasteiger partial charge in [-0.25, -0.2) is 4.79 Å². The number of carbonyl (C=O) groups excluding carboxylic acids is 2. The number of rotatable bonds is 2. The lowest BCUT2D eigenvalue weighted by Crippen LogP contribution is -2.68. The molecule has 2 bridgehead atoms. The zero-order chi connectivity index (χ0) is 27.8. The second kappa shape index (κ2) is 7.46. The Morgan fingerprint density at radius 3 is 2.47 bits per heavy atom. The Bertz CT molecular complexity index is 1300. The van der Waals surface area contributed by atoms with Crippen LogP contribution in [-0.4, -0.2) is 52.2 Å². The van der Waals surface area contributed by atoms with Crippen molar-refractivity contribution in [2.45, 2.75) is 92.3 Å². The van der Waals surface area contributed by atoms with Gasteiger partial charge in [-0.1, -0.05) is 45.0 Å². The molecule has 8 heteroatoms. The van der Waals surface area contributed by atoms with Crippen LogP contribution in [0.4, 0.5) is 0 Å². The molecule has 5 aliphatic rings. The zero-order valence-electron chi connectivity index (χ0n) is 23.8. The molecule has 8 unspecified atom stereocenters. The quantitative estimate of drug-likeness (QED) is 0.445. The summed E-state index contributed by atoms with van der Waals surface area (Å²) in [6, 6.07) is 0. The number of ether oxygens (including phenoxy) is 3. The molecule has 3 fully saturated rings. The average molecular weight is 526 g/mol. The second-order valence-corrected chi connectivity index (χ2v) is 13.5.